The third kappa shape index (κ3) is 3.65. The fourth-order valence-corrected chi connectivity index (χ4v) is 1.82. The molecule has 0 saturated carbocycles. The molecule has 0 aliphatic carbocycles. The number of aromatic nitrogens is 1. The smallest absolute Gasteiger partial charge is 0.310 e. The molecule has 0 aliphatic rings. The molecule has 116 valence electrons. The average Bonchev–Trinajstić information content (AvgIpc) is 2.94. The number of carboxylic acids is 1. The SMILES string of the molecule is CC(C)(CNC(=O)c1cc(-c2cccc(Cl)c2)on1)C(=O)O. The highest BCUT2D eigenvalue weighted by atomic mass is 35.5. The molecule has 2 N–H and O–H groups in total. The maximum Gasteiger partial charge on any atom is 0.310 e. The van der Waals surface area contributed by atoms with Gasteiger partial charge in [-0.3, -0.25) is 9.59 Å². The Balaban J connectivity index is 2.08. The number of nitrogens with one attached hydrogen (secondary N) is 1. The first-order valence-electron chi connectivity index (χ1n) is 6.54. The van der Waals surface area contributed by atoms with E-state index in [4.69, 9.17) is 21.2 Å². The van der Waals surface area contributed by atoms with Gasteiger partial charge in [-0.25, -0.2) is 0 Å². The first kappa shape index (κ1) is 16.0. The van der Waals surface area contributed by atoms with E-state index in [0.29, 0.717) is 16.3 Å². The van der Waals surface area contributed by atoms with E-state index in [2.05, 4.69) is 10.5 Å². The van der Waals surface area contributed by atoms with E-state index in [-0.39, 0.29) is 12.2 Å². The lowest BCUT2D eigenvalue weighted by atomic mass is 9.94. The summed E-state index contributed by atoms with van der Waals surface area (Å²) in [7, 11) is 0. The Morgan fingerprint density at radius 1 is 1.36 bits per heavy atom. The van der Waals surface area contributed by atoms with Crippen LogP contribution in [0.3, 0.4) is 0 Å². The van der Waals surface area contributed by atoms with Crippen LogP contribution in [0.4, 0.5) is 0 Å². The van der Waals surface area contributed by atoms with E-state index in [9.17, 15) is 9.59 Å². The lowest BCUT2D eigenvalue weighted by Crippen LogP contribution is -2.39. The number of aliphatic carboxylic acids is 1. The standard InChI is InChI=1S/C15H15ClN2O4/c1-15(2,14(20)21)8-17-13(19)11-7-12(22-18-11)9-4-3-5-10(16)6-9/h3-7H,8H2,1-2H3,(H,17,19)(H,20,21). The predicted molar refractivity (Wildman–Crippen MR) is 80.7 cm³/mol. The minimum atomic E-state index is -1.06. The topological polar surface area (TPSA) is 92.4 Å². The lowest BCUT2D eigenvalue weighted by Gasteiger charge is -2.18. The lowest BCUT2D eigenvalue weighted by molar-refractivity contribution is -0.146. The summed E-state index contributed by atoms with van der Waals surface area (Å²) in [6.45, 7) is 3.03. The van der Waals surface area contributed by atoms with Crippen LogP contribution in [0.1, 0.15) is 24.3 Å². The first-order valence-corrected chi connectivity index (χ1v) is 6.91. The Morgan fingerprint density at radius 3 is 2.73 bits per heavy atom. The molecular formula is C15H15ClN2O4. The third-order valence-electron chi connectivity index (χ3n) is 3.12. The molecule has 0 atom stereocenters. The number of amides is 1. The van der Waals surface area contributed by atoms with Crippen LogP contribution in [0.15, 0.2) is 34.9 Å². The van der Waals surface area contributed by atoms with Crippen molar-refractivity contribution in [3.63, 3.8) is 0 Å². The molecule has 7 heteroatoms. The number of hydrogen-bond donors (Lipinski definition) is 2. The van der Waals surface area contributed by atoms with Gasteiger partial charge in [0, 0.05) is 23.2 Å². The molecule has 0 bridgehead atoms. The Morgan fingerprint density at radius 2 is 2.09 bits per heavy atom. The van der Waals surface area contributed by atoms with E-state index in [1.807, 2.05) is 0 Å². The number of benzene rings is 1. The fraction of sp³-hybridized carbons (Fsp3) is 0.267. The van der Waals surface area contributed by atoms with Crippen LogP contribution >= 0.6 is 11.6 Å². The maximum atomic E-state index is 12.0. The van der Waals surface area contributed by atoms with Gasteiger partial charge in [0.2, 0.25) is 0 Å². The van der Waals surface area contributed by atoms with Crippen molar-refractivity contribution >= 4 is 23.5 Å². The molecule has 0 saturated heterocycles. The van der Waals surface area contributed by atoms with Gasteiger partial charge in [0.1, 0.15) is 0 Å². The summed E-state index contributed by atoms with van der Waals surface area (Å²) in [6, 6.07) is 8.44. The Bertz CT molecular complexity index is 709. The van der Waals surface area contributed by atoms with Crippen molar-refractivity contribution in [2.45, 2.75) is 13.8 Å². The average molecular weight is 323 g/mol. The van der Waals surface area contributed by atoms with Crippen molar-refractivity contribution in [1.29, 1.82) is 0 Å². The van der Waals surface area contributed by atoms with Crippen molar-refractivity contribution < 1.29 is 19.2 Å². The van der Waals surface area contributed by atoms with Gasteiger partial charge in [0.25, 0.3) is 5.91 Å². The fourth-order valence-electron chi connectivity index (χ4n) is 1.63. The van der Waals surface area contributed by atoms with E-state index in [1.165, 1.54) is 19.9 Å². The molecule has 2 rings (SSSR count). The van der Waals surface area contributed by atoms with Crippen molar-refractivity contribution in [3.05, 3.63) is 41.0 Å². The van der Waals surface area contributed by atoms with Gasteiger partial charge >= 0.3 is 5.97 Å². The number of halogens is 1. The van der Waals surface area contributed by atoms with E-state index < -0.39 is 17.3 Å². The van der Waals surface area contributed by atoms with Gasteiger partial charge in [-0.2, -0.15) is 0 Å². The van der Waals surface area contributed by atoms with Crippen LogP contribution in [0.25, 0.3) is 11.3 Å². The predicted octanol–water partition coefficient (Wildman–Crippen LogP) is 2.84. The minimum Gasteiger partial charge on any atom is -0.481 e. The number of carbonyl (C=O) groups excluding carboxylic acids is 1. The van der Waals surface area contributed by atoms with Crippen LogP contribution in [-0.4, -0.2) is 28.7 Å². The highest BCUT2D eigenvalue weighted by Crippen LogP contribution is 2.23. The van der Waals surface area contributed by atoms with Gasteiger partial charge in [0.05, 0.1) is 5.41 Å². The summed E-state index contributed by atoms with van der Waals surface area (Å²) in [5.41, 5.74) is -0.282. The second-order valence-electron chi connectivity index (χ2n) is 5.46. The molecule has 2 aromatic rings. The number of carbonyl (C=O) groups is 2. The molecule has 0 unspecified atom stereocenters. The quantitative estimate of drug-likeness (QED) is 0.883. The van der Waals surface area contributed by atoms with Crippen LogP contribution in [0, 0.1) is 5.41 Å². The number of rotatable bonds is 5. The summed E-state index contributed by atoms with van der Waals surface area (Å²) in [5, 5.41) is 15.8. The minimum absolute atomic E-state index is 0.0134. The zero-order valence-corrected chi connectivity index (χ0v) is 12.8. The second-order valence-corrected chi connectivity index (χ2v) is 5.89. The van der Waals surface area contributed by atoms with E-state index >= 15 is 0 Å². The van der Waals surface area contributed by atoms with Crippen LogP contribution in [0.2, 0.25) is 5.02 Å². The molecule has 0 radical (unpaired) electrons. The zero-order valence-electron chi connectivity index (χ0n) is 12.1. The molecule has 6 nitrogen and oxygen atoms in total. The summed E-state index contributed by atoms with van der Waals surface area (Å²) in [6.07, 6.45) is 0. The van der Waals surface area contributed by atoms with Gasteiger partial charge in [-0.05, 0) is 26.0 Å². The number of carboxylic acid groups (broad SMARTS) is 1. The van der Waals surface area contributed by atoms with Crippen molar-refractivity contribution in [2.75, 3.05) is 6.54 Å². The first-order chi connectivity index (χ1) is 10.3. The van der Waals surface area contributed by atoms with Crippen molar-refractivity contribution in [2.24, 2.45) is 5.41 Å². The van der Waals surface area contributed by atoms with Gasteiger partial charge < -0.3 is 14.9 Å². The van der Waals surface area contributed by atoms with Crippen LogP contribution < -0.4 is 5.32 Å². The van der Waals surface area contributed by atoms with Crippen molar-refractivity contribution in [3.8, 4) is 11.3 Å². The van der Waals surface area contributed by atoms with Crippen molar-refractivity contribution in [1.82, 2.24) is 10.5 Å². The van der Waals surface area contributed by atoms with Gasteiger partial charge in [0.15, 0.2) is 11.5 Å². The Kier molecular flexibility index (Phi) is 4.51. The molecule has 1 aromatic heterocycles. The van der Waals surface area contributed by atoms with Crippen LogP contribution in [0.5, 0.6) is 0 Å². The largest absolute Gasteiger partial charge is 0.481 e. The molecule has 0 fully saturated rings. The molecule has 1 amide bonds. The summed E-state index contributed by atoms with van der Waals surface area (Å²) in [4.78, 5) is 23.0. The highest BCUT2D eigenvalue weighted by molar-refractivity contribution is 6.30. The maximum absolute atomic E-state index is 12.0. The van der Waals surface area contributed by atoms with E-state index in [0.717, 1.165) is 0 Å². The van der Waals surface area contributed by atoms with E-state index in [1.54, 1.807) is 24.3 Å². The number of hydrogen-bond acceptors (Lipinski definition) is 4. The number of nitrogens with zero attached hydrogens (tertiary/aromatic N) is 1. The summed E-state index contributed by atoms with van der Waals surface area (Å²) in [5.74, 6) is -1.08. The summed E-state index contributed by atoms with van der Waals surface area (Å²) < 4.78 is 5.12. The van der Waals surface area contributed by atoms with Gasteiger partial charge in [-0.1, -0.05) is 28.9 Å². The monoisotopic (exact) mass is 322 g/mol. The second kappa shape index (κ2) is 6.19. The highest BCUT2D eigenvalue weighted by Gasteiger charge is 2.28. The zero-order chi connectivity index (χ0) is 16.3. The molecule has 1 aromatic carbocycles. The van der Waals surface area contributed by atoms with Crippen LogP contribution in [-0.2, 0) is 4.79 Å². The summed E-state index contributed by atoms with van der Waals surface area (Å²) >= 11 is 5.90. The molecular weight excluding hydrogens is 308 g/mol. The third-order valence-corrected chi connectivity index (χ3v) is 3.36. The molecule has 0 aliphatic heterocycles. The molecule has 22 heavy (non-hydrogen) atoms. The Hall–Kier alpha value is -2.34. The normalized spacial score (nSPS) is 11.2. The molecule has 0 spiro atoms. The van der Waals surface area contributed by atoms with Gasteiger partial charge in [-0.15, -0.1) is 0 Å². The Labute approximate surface area is 132 Å². The molecule has 1 heterocycles.